The van der Waals surface area contributed by atoms with Crippen LogP contribution >= 0.6 is 0 Å². The van der Waals surface area contributed by atoms with Gasteiger partial charge in [0, 0.05) is 31.9 Å². The van der Waals surface area contributed by atoms with Crippen LogP contribution in [0.25, 0.3) is 10.9 Å². The highest BCUT2D eigenvalue weighted by Gasteiger charge is 2.24. The van der Waals surface area contributed by atoms with Gasteiger partial charge in [0.05, 0.1) is 23.2 Å². The summed E-state index contributed by atoms with van der Waals surface area (Å²) in [6.45, 7) is 6.69. The van der Waals surface area contributed by atoms with Gasteiger partial charge in [0.1, 0.15) is 6.33 Å². The van der Waals surface area contributed by atoms with Gasteiger partial charge >= 0.3 is 0 Å². The molecule has 0 saturated carbocycles. The van der Waals surface area contributed by atoms with Gasteiger partial charge in [-0.2, -0.15) is 15.4 Å². The Morgan fingerprint density at radius 1 is 1.19 bits per heavy atom. The number of carbonyl (C=O) groups is 1. The van der Waals surface area contributed by atoms with Crippen LogP contribution in [0.2, 0.25) is 0 Å². The molecule has 0 unspecified atom stereocenters. The molecule has 4 rings (SSSR count). The zero-order valence-electron chi connectivity index (χ0n) is 15.3. The van der Waals surface area contributed by atoms with Crippen molar-refractivity contribution in [3.8, 4) is 5.88 Å². The summed E-state index contributed by atoms with van der Waals surface area (Å²) in [6, 6.07) is 6.08. The molecule has 0 aliphatic carbocycles. The standard InChI is InChI=1S/C18H21N7O2/c1-12(2)27-17-14-9-13(3-4-15(14)19-11-20-17)24-5-7-25(8-6-24)18(26)16-10-21-23-22-16/h3-4,9-12H,5-8H2,1-2H3,(H,21,22,23). The molecule has 3 aromatic rings. The lowest BCUT2D eigenvalue weighted by atomic mass is 10.2. The van der Waals surface area contributed by atoms with Crippen LogP contribution in [0.1, 0.15) is 24.3 Å². The smallest absolute Gasteiger partial charge is 0.276 e. The monoisotopic (exact) mass is 367 g/mol. The number of aromatic nitrogens is 5. The van der Waals surface area contributed by atoms with E-state index in [-0.39, 0.29) is 12.0 Å². The Hall–Kier alpha value is -3.23. The van der Waals surface area contributed by atoms with Gasteiger partial charge in [-0.05, 0) is 32.0 Å². The molecule has 1 aliphatic heterocycles. The molecule has 0 atom stereocenters. The number of rotatable bonds is 4. The summed E-state index contributed by atoms with van der Waals surface area (Å²) in [5.41, 5.74) is 2.27. The Morgan fingerprint density at radius 3 is 2.70 bits per heavy atom. The molecule has 0 radical (unpaired) electrons. The molecule has 27 heavy (non-hydrogen) atoms. The van der Waals surface area contributed by atoms with E-state index in [2.05, 4.69) is 36.3 Å². The topological polar surface area (TPSA) is 100 Å². The predicted octanol–water partition coefficient (Wildman–Crippen LogP) is 1.50. The number of ether oxygens (including phenoxy) is 1. The molecular weight excluding hydrogens is 346 g/mol. The number of benzene rings is 1. The van der Waals surface area contributed by atoms with Gasteiger partial charge in [-0.1, -0.05) is 0 Å². The maximum atomic E-state index is 12.4. The van der Waals surface area contributed by atoms with Gasteiger partial charge in [-0.25, -0.2) is 9.97 Å². The van der Waals surface area contributed by atoms with Crippen molar-refractivity contribution in [3.63, 3.8) is 0 Å². The van der Waals surface area contributed by atoms with Gasteiger partial charge in [-0.15, -0.1) is 0 Å². The minimum atomic E-state index is -0.0945. The van der Waals surface area contributed by atoms with Crippen molar-refractivity contribution in [1.82, 2.24) is 30.3 Å². The molecule has 3 heterocycles. The predicted molar refractivity (Wildman–Crippen MR) is 99.8 cm³/mol. The number of hydrogen-bond acceptors (Lipinski definition) is 7. The first-order chi connectivity index (χ1) is 13.1. The number of nitrogens with zero attached hydrogens (tertiary/aromatic N) is 6. The first kappa shape index (κ1) is 17.2. The molecule has 9 heteroatoms. The first-order valence-corrected chi connectivity index (χ1v) is 8.93. The van der Waals surface area contributed by atoms with Crippen molar-refractivity contribution in [3.05, 3.63) is 36.4 Å². The molecule has 1 saturated heterocycles. The van der Waals surface area contributed by atoms with Gasteiger partial charge < -0.3 is 14.5 Å². The van der Waals surface area contributed by atoms with Crippen LogP contribution in [0.3, 0.4) is 0 Å². The van der Waals surface area contributed by atoms with Gasteiger partial charge in [0.2, 0.25) is 5.88 Å². The Balaban J connectivity index is 1.51. The van der Waals surface area contributed by atoms with Crippen LogP contribution in [0.15, 0.2) is 30.7 Å². The minimum Gasteiger partial charge on any atom is -0.474 e. The molecular formula is C18H21N7O2. The summed E-state index contributed by atoms with van der Waals surface area (Å²) in [7, 11) is 0. The van der Waals surface area contributed by atoms with E-state index < -0.39 is 0 Å². The average molecular weight is 367 g/mol. The van der Waals surface area contributed by atoms with Crippen molar-refractivity contribution in [2.24, 2.45) is 0 Å². The number of H-pyrrole nitrogens is 1. The van der Waals surface area contributed by atoms with E-state index in [0.29, 0.717) is 24.7 Å². The number of aromatic amines is 1. The van der Waals surface area contributed by atoms with Gasteiger partial charge in [0.15, 0.2) is 5.69 Å². The van der Waals surface area contributed by atoms with E-state index in [1.54, 1.807) is 4.90 Å². The molecule has 1 fully saturated rings. The number of fused-ring (bicyclic) bond motifs is 1. The van der Waals surface area contributed by atoms with E-state index >= 15 is 0 Å². The summed E-state index contributed by atoms with van der Waals surface area (Å²) in [5, 5.41) is 10.9. The zero-order valence-corrected chi connectivity index (χ0v) is 15.3. The quantitative estimate of drug-likeness (QED) is 0.746. The summed E-state index contributed by atoms with van der Waals surface area (Å²) in [6.07, 6.45) is 3.01. The van der Waals surface area contributed by atoms with E-state index in [1.807, 2.05) is 26.0 Å². The fraction of sp³-hybridized carbons (Fsp3) is 0.389. The van der Waals surface area contributed by atoms with Gasteiger partial charge in [-0.3, -0.25) is 4.79 Å². The van der Waals surface area contributed by atoms with Crippen LogP contribution in [-0.4, -0.2) is 68.5 Å². The molecule has 0 spiro atoms. The highest BCUT2D eigenvalue weighted by molar-refractivity contribution is 5.92. The molecule has 9 nitrogen and oxygen atoms in total. The highest BCUT2D eigenvalue weighted by Crippen LogP contribution is 2.28. The highest BCUT2D eigenvalue weighted by atomic mass is 16.5. The molecule has 1 N–H and O–H groups in total. The van der Waals surface area contributed by atoms with Crippen LogP contribution in [0, 0.1) is 0 Å². The lowest BCUT2D eigenvalue weighted by Gasteiger charge is -2.35. The third-order valence-electron chi connectivity index (χ3n) is 4.50. The normalized spacial score (nSPS) is 14.8. The third-order valence-corrected chi connectivity index (χ3v) is 4.50. The third kappa shape index (κ3) is 3.53. The summed E-state index contributed by atoms with van der Waals surface area (Å²) in [4.78, 5) is 25.0. The molecule has 2 aromatic heterocycles. The number of hydrogen-bond donors (Lipinski definition) is 1. The summed E-state index contributed by atoms with van der Waals surface area (Å²) < 4.78 is 5.82. The number of amides is 1. The lowest BCUT2D eigenvalue weighted by molar-refractivity contribution is 0.0741. The van der Waals surface area contributed by atoms with Crippen molar-refractivity contribution >= 4 is 22.5 Å². The van der Waals surface area contributed by atoms with Gasteiger partial charge in [0.25, 0.3) is 5.91 Å². The number of piperazine rings is 1. The van der Waals surface area contributed by atoms with E-state index in [1.165, 1.54) is 12.5 Å². The Kier molecular flexibility index (Phi) is 4.57. The van der Waals surface area contributed by atoms with E-state index in [4.69, 9.17) is 4.74 Å². The Morgan fingerprint density at radius 2 is 2.00 bits per heavy atom. The molecule has 1 aliphatic rings. The fourth-order valence-electron chi connectivity index (χ4n) is 3.17. The average Bonchev–Trinajstić information content (AvgIpc) is 3.22. The second kappa shape index (κ2) is 7.18. The molecule has 1 aromatic carbocycles. The molecule has 1 amide bonds. The number of anilines is 1. The lowest BCUT2D eigenvalue weighted by Crippen LogP contribution is -2.48. The second-order valence-corrected chi connectivity index (χ2v) is 6.68. The number of nitrogens with one attached hydrogen (secondary N) is 1. The fourth-order valence-corrected chi connectivity index (χ4v) is 3.17. The Bertz CT molecular complexity index is 934. The summed E-state index contributed by atoms with van der Waals surface area (Å²) >= 11 is 0. The maximum absolute atomic E-state index is 12.4. The molecule has 140 valence electrons. The Labute approximate surface area is 156 Å². The van der Waals surface area contributed by atoms with Crippen molar-refractivity contribution in [2.45, 2.75) is 20.0 Å². The van der Waals surface area contributed by atoms with E-state index in [0.717, 1.165) is 29.7 Å². The van der Waals surface area contributed by atoms with Crippen LogP contribution in [0.4, 0.5) is 5.69 Å². The summed E-state index contributed by atoms with van der Waals surface area (Å²) in [5.74, 6) is 0.500. The largest absolute Gasteiger partial charge is 0.474 e. The first-order valence-electron chi connectivity index (χ1n) is 8.93. The minimum absolute atomic E-state index is 0.0397. The zero-order chi connectivity index (χ0) is 18.8. The molecule has 0 bridgehead atoms. The van der Waals surface area contributed by atoms with Crippen LogP contribution < -0.4 is 9.64 Å². The van der Waals surface area contributed by atoms with Crippen LogP contribution in [-0.2, 0) is 0 Å². The van der Waals surface area contributed by atoms with Crippen LogP contribution in [0.5, 0.6) is 5.88 Å². The maximum Gasteiger partial charge on any atom is 0.276 e. The second-order valence-electron chi connectivity index (χ2n) is 6.68. The van der Waals surface area contributed by atoms with E-state index in [9.17, 15) is 4.79 Å². The SMILES string of the molecule is CC(C)Oc1ncnc2ccc(N3CCN(C(=O)c4cn[nH]n4)CC3)cc12. The number of carbonyl (C=O) groups excluding carboxylic acids is 1. The van der Waals surface area contributed by atoms with Crippen molar-refractivity contribution in [1.29, 1.82) is 0 Å². The van der Waals surface area contributed by atoms with Crippen molar-refractivity contribution in [2.75, 3.05) is 31.1 Å². The van der Waals surface area contributed by atoms with Crippen molar-refractivity contribution < 1.29 is 9.53 Å².